The first-order valence-electron chi connectivity index (χ1n) is 6.60. The van der Waals surface area contributed by atoms with E-state index < -0.39 is 5.97 Å². The molecule has 0 aliphatic carbocycles. The van der Waals surface area contributed by atoms with Crippen molar-refractivity contribution in [3.8, 4) is 5.75 Å². The van der Waals surface area contributed by atoms with Crippen LogP contribution in [-0.2, 0) is 6.54 Å². The molecule has 0 atom stereocenters. The highest BCUT2D eigenvalue weighted by Gasteiger charge is 2.12. The summed E-state index contributed by atoms with van der Waals surface area (Å²) in [6, 6.07) is 12.8. The van der Waals surface area contributed by atoms with E-state index in [1.807, 2.05) is 36.5 Å². The summed E-state index contributed by atoms with van der Waals surface area (Å²) >= 11 is 0. The Labute approximate surface area is 121 Å². The molecular formula is C16H14N2O3. The topological polar surface area (TPSA) is 64.3 Å². The van der Waals surface area contributed by atoms with Gasteiger partial charge in [0, 0.05) is 12.4 Å². The molecule has 0 unspecified atom stereocenters. The van der Waals surface area contributed by atoms with Gasteiger partial charge in [0.25, 0.3) is 0 Å². The van der Waals surface area contributed by atoms with Crippen molar-refractivity contribution >= 4 is 16.7 Å². The maximum atomic E-state index is 11.4. The van der Waals surface area contributed by atoms with Crippen molar-refractivity contribution in [3.63, 3.8) is 0 Å². The number of aromatic nitrogens is 2. The fourth-order valence-electron chi connectivity index (χ4n) is 2.19. The number of fused-ring (bicyclic) bond motifs is 1. The number of ether oxygens (including phenoxy) is 1. The number of carboxylic acids is 1. The summed E-state index contributed by atoms with van der Waals surface area (Å²) in [7, 11) is 0. The minimum absolute atomic E-state index is 0.175. The van der Waals surface area contributed by atoms with Crippen molar-refractivity contribution in [2.24, 2.45) is 0 Å². The van der Waals surface area contributed by atoms with Crippen LogP contribution < -0.4 is 4.74 Å². The van der Waals surface area contributed by atoms with E-state index in [4.69, 9.17) is 4.74 Å². The number of hydrogen-bond acceptors (Lipinski definition) is 3. The molecule has 1 heterocycles. The smallest absolute Gasteiger partial charge is 0.339 e. The van der Waals surface area contributed by atoms with E-state index in [1.165, 1.54) is 0 Å². The Kier molecular flexibility index (Phi) is 3.55. The summed E-state index contributed by atoms with van der Waals surface area (Å²) in [5.41, 5.74) is 0.175. The Bertz CT molecular complexity index is 766. The van der Waals surface area contributed by atoms with Gasteiger partial charge in [-0.3, -0.25) is 4.68 Å². The lowest BCUT2D eigenvalue weighted by atomic mass is 10.1. The number of rotatable bonds is 5. The molecule has 3 rings (SSSR count). The van der Waals surface area contributed by atoms with Gasteiger partial charge in [-0.1, -0.05) is 24.3 Å². The second kappa shape index (κ2) is 5.66. The summed E-state index contributed by atoms with van der Waals surface area (Å²) < 4.78 is 7.38. The summed E-state index contributed by atoms with van der Waals surface area (Å²) in [5, 5.41) is 15.2. The lowest BCUT2D eigenvalue weighted by Gasteiger charge is -2.11. The van der Waals surface area contributed by atoms with Crippen LogP contribution in [0.2, 0.25) is 0 Å². The standard InChI is InChI=1S/C16H14N2O3/c19-16(20)14-10-12-4-1-2-5-13(12)11-15(14)21-9-8-18-7-3-6-17-18/h1-7,10-11H,8-9H2,(H,19,20). The number of benzene rings is 2. The van der Waals surface area contributed by atoms with Crippen LogP contribution in [0.5, 0.6) is 5.75 Å². The van der Waals surface area contributed by atoms with E-state index in [-0.39, 0.29) is 5.56 Å². The molecule has 1 aromatic heterocycles. The molecule has 0 radical (unpaired) electrons. The molecule has 0 saturated heterocycles. The van der Waals surface area contributed by atoms with Crippen LogP contribution >= 0.6 is 0 Å². The summed E-state index contributed by atoms with van der Waals surface area (Å²) in [4.78, 5) is 11.4. The molecule has 0 amide bonds. The van der Waals surface area contributed by atoms with E-state index in [9.17, 15) is 9.90 Å². The first-order chi connectivity index (χ1) is 10.2. The average molecular weight is 282 g/mol. The van der Waals surface area contributed by atoms with Gasteiger partial charge in [-0.15, -0.1) is 0 Å². The highest BCUT2D eigenvalue weighted by Crippen LogP contribution is 2.26. The van der Waals surface area contributed by atoms with Crippen molar-refractivity contribution in [1.82, 2.24) is 9.78 Å². The van der Waals surface area contributed by atoms with Gasteiger partial charge in [-0.05, 0) is 29.0 Å². The normalized spacial score (nSPS) is 10.7. The van der Waals surface area contributed by atoms with Gasteiger partial charge in [-0.2, -0.15) is 5.10 Å². The molecule has 2 aromatic carbocycles. The quantitative estimate of drug-likeness (QED) is 0.781. The van der Waals surface area contributed by atoms with Crippen LogP contribution in [0.3, 0.4) is 0 Å². The monoisotopic (exact) mass is 282 g/mol. The summed E-state index contributed by atoms with van der Waals surface area (Å²) in [6.45, 7) is 0.930. The third-order valence-electron chi connectivity index (χ3n) is 3.22. The van der Waals surface area contributed by atoms with E-state index in [2.05, 4.69) is 5.10 Å². The molecule has 0 fully saturated rings. The highest BCUT2D eigenvalue weighted by atomic mass is 16.5. The summed E-state index contributed by atoms with van der Waals surface area (Å²) in [5.74, 6) is -0.608. The fourth-order valence-corrected chi connectivity index (χ4v) is 2.19. The minimum atomic E-state index is -0.991. The van der Waals surface area contributed by atoms with Crippen LogP contribution in [0.15, 0.2) is 54.9 Å². The predicted molar refractivity (Wildman–Crippen MR) is 78.6 cm³/mol. The molecule has 0 saturated carbocycles. The molecule has 0 aliphatic heterocycles. The van der Waals surface area contributed by atoms with Gasteiger partial charge in [-0.25, -0.2) is 4.79 Å². The first-order valence-corrected chi connectivity index (χ1v) is 6.60. The maximum absolute atomic E-state index is 11.4. The molecule has 5 heteroatoms. The number of hydrogen-bond donors (Lipinski definition) is 1. The Hall–Kier alpha value is -2.82. The third kappa shape index (κ3) is 2.86. The van der Waals surface area contributed by atoms with Crippen LogP contribution in [0.4, 0.5) is 0 Å². The number of carboxylic acid groups (broad SMARTS) is 1. The van der Waals surface area contributed by atoms with Crippen LogP contribution in [0.25, 0.3) is 10.8 Å². The SMILES string of the molecule is O=C(O)c1cc2ccccc2cc1OCCn1cccn1. The molecule has 0 aliphatic rings. The van der Waals surface area contributed by atoms with Crippen molar-refractivity contribution in [3.05, 3.63) is 60.4 Å². The lowest BCUT2D eigenvalue weighted by Crippen LogP contribution is -2.10. The van der Waals surface area contributed by atoms with Crippen molar-refractivity contribution in [1.29, 1.82) is 0 Å². The van der Waals surface area contributed by atoms with E-state index in [1.54, 1.807) is 23.0 Å². The zero-order valence-electron chi connectivity index (χ0n) is 11.3. The highest BCUT2D eigenvalue weighted by molar-refractivity contribution is 5.97. The lowest BCUT2D eigenvalue weighted by molar-refractivity contribution is 0.0692. The molecule has 21 heavy (non-hydrogen) atoms. The van der Waals surface area contributed by atoms with Gasteiger partial charge in [0.2, 0.25) is 0 Å². The van der Waals surface area contributed by atoms with Crippen LogP contribution in [0, 0.1) is 0 Å². The van der Waals surface area contributed by atoms with Gasteiger partial charge < -0.3 is 9.84 Å². The molecular weight excluding hydrogens is 268 g/mol. The van der Waals surface area contributed by atoms with Crippen LogP contribution in [0.1, 0.15) is 10.4 Å². The molecule has 5 nitrogen and oxygen atoms in total. The van der Waals surface area contributed by atoms with Crippen molar-refractivity contribution < 1.29 is 14.6 Å². The Balaban J connectivity index is 1.85. The second-order valence-electron chi connectivity index (χ2n) is 4.62. The zero-order chi connectivity index (χ0) is 14.7. The average Bonchev–Trinajstić information content (AvgIpc) is 2.99. The van der Waals surface area contributed by atoms with E-state index >= 15 is 0 Å². The Morgan fingerprint density at radius 2 is 1.95 bits per heavy atom. The largest absolute Gasteiger partial charge is 0.491 e. The Morgan fingerprint density at radius 3 is 2.62 bits per heavy atom. The first kappa shape index (κ1) is 13.2. The minimum Gasteiger partial charge on any atom is -0.491 e. The molecule has 3 aromatic rings. The Morgan fingerprint density at radius 1 is 1.19 bits per heavy atom. The molecule has 0 spiro atoms. The molecule has 1 N–H and O–H groups in total. The van der Waals surface area contributed by atoms with E-state index in [0.717, 1.165) is 10.8 Å². The van der Waals surface area contributed by atoms with Gasteiger partial charge in [0.05, 0.1) is 6.54 Å². The van der Waals surface area contributed by atoms with Crippen molar-refractivity contribution in [2.75, 3.05) is 6.61 Å². The predicted octanol–water partition coefficient (Wildman–Crippen LogP) is 2.81. The number of carbonyl (C=O) groups is 1. The van der Waals surface area contributed by atoms with Gasteiger partial charge >= 0.3 is 5.97 Å². The number of nitrogens with zero attached hydrogens (tertiary/aromatic N) is 2. The van der Waals surface area contributed by atoms with Gasteiger partial charge in [0.15, 0.2) is 0 Å². The van der Waals surface area contributed by atoms with Crippen LogP contribution in [-0.4, -0.2) is 27.5 Å². The molecule has 106 valence electrons. The third-order valence-corrected chi connectivity index (χ3v) is 3.22. The van der Waals surface area contributed by atoms with Crippen molar-refractivity contribution in [2.45, 2.75) is 6.54 Å². The second-order valence-corrected chi connectivity index (χ2v) is 4.62. The zero-order valence-corrected chi connectivity index (χ0v) is 11.3. The number of aromatic carboxylic acids is 1. The van der Waals surface area contributed by atoms with E-state index in [0.29, 0.717) is 18.9 Å². The summed E-state index contributed by atoms with van der Waals surface area (Å²) in [6.07, 6.45) is 3.53. The maximum Gasteiger partial charge on any atom is 0.339 e. The van der Waals surface area contributed by atoms with Gasteiger partial charge in [0.1, 0.15) is 17.9 Å². The molecule has 0 bridgehead atoms. The fraction of sp³-hybridized carbons (Fsp3) is 0.125.